The van der Waals surface area contributed by atoms with Crippen molar-refractivity contribution >= 4 is 5.78 Å². The number of Topliss-reactive ketones (excluding diaryl/α,β-unsaturated/α-hetero) is 1. The second-order valence-electron chi connectivity index (χ2n) is 3.83. The van der Waals surface area contributed by atoms with Gasteiger partial charge in [-0.25, -0.2) is 0 Å². The van der Waals surface area contributed by atoms with Crippen LogP contribution in [0.3, 0.4) is 0 Å². The van der Waals surface area contributed by atoms with Crippen molar-refractivity contribution in [3.63, 3.8) is 0 Å². The Labute approximate surface area is 102 Å². The largest absolute Gasteiger partial charge is 0.469 e. The zero-order chi connectivity index (χ0) is 13.0. The lowest BCUT2D eigenvalue weighted by Crippen LogP contribution is -2.16. The molecular weight excluding hydrogens is 238 g/mol. The molecule has 0 unspecified atom stereocenters. The van der Waals surface area contributed by atoms with Crippen molar-refractivity contribution in [2.75, 3.05) is 6.54 Å². The van der Waals surface area contributed by atoms with Crippen molar-refractivity contribution in [1.29, 1.82) is 0 Å². The highest BCUT2D eigenvalue weighted by molar-refractivity contribution is 5.93. The summed E-state index contributed by atoms with van der Waals surface area (Å²) in [6.45, 7) is -0.347. The van der Waals surface area contributed by atoms with Gasteiger partial charge in [-0.2, -0.15) is 0 Å². The maximum atomic E-state index is 11.8. The van der Waals surface area contributed by atoms with Crippen molar-refractivity contribution < 1.29 is 18.6 Å². The van der Waals surface area contributed by atoms with E-state index in [4.69, 9.17) is 8.83 Å². The molecule has 0 aromatic carbocycles. The molecule has 2 aromatic rings. The molecule has 0 radical (unpaired) electrons. The Balaban J connectivity index is 2.11. The summed E-state index contributed by atoms with van der Waals surface area (Å²) in [5.41, 5.74) is 0. The number of furan rings is 2. The highest BCUT2D eigenvalue weighted by atomic mass is 16.6. The van der Waals surface area contributed by atoms with E-state index in [0.29, 0.717) is 5.76 Å². The Morgan fingerprint density at radius 2 is 2.00 bits per heavy atom. The molecule has 6 nitrogen and oxygen atoms in total. The molecule has 2 rings (SSSR count). The Hall–Kier alpha value is -2.37. The van der Waals surface area contributed by atoms with Crippen LogP contribution in [0, 0.1) is 10.1 Å². The summed E-state index contributed by atoms with van der Waals surface area (Å²) in [6, 6.07) is 6.40. The molecule has 0 aliphatic carbocycles. The van der Waals surface area contributed by atoms with Crippen molar-refractivity contribution in [1.82, 2.24) is 0 Å². The molecule has 1 atom stereocenters. The average Bonchev–Trinajstić information content (AvgIpc) is 3.01. The van der Waals surface area contributed by atoms with Crippen molar-refractivity contribution in [2.24, 2.45) is 0 Å². The summed E-state index contributed by atoms with van der Waals surface area (Å²) in [4.78, 5) is 22.0. The zero-order valence-electron chi connectivity index (χ0n) is 9.44. The maximum absolute atomic E-state index is 11.8. The Morgan fingerprint density at radius 1 is 1.28 bits per heavy atom. The molecule has 0 N–H and O–H groups in total. The smallest absolute Gasteiger partial charge is 0.214 e. The van der Waals surface area contributed by atoms with Gasteiger partial charge in [-0.05, 0) is 24.3 Å². The highest BCUT2D eigenvalue weighted by Crippen LogP contribution is 2.22. The van der Waals surface area contributed by atoms with Crippen LogP contribution in [0.2, 0.25) is 0 Å². The van der Waals surface area contributed by atoms with E-state index in [1.165, 1.54) is 18.6 Å². The Bertz CT molecular complexity index is 515. The van der Waals surface area contributed by atoms with E-state index < -0.39 is 10.8 Å². The minimum atomic E-state index is -0.576. The summed E-state index contributed by atoms with van der Waals surface area (Å²) in [6.07, 6.45) is 2.81. The number of nitrogens with zero attached hydrogens (tertiary/aromatic N) is 1. The van der Waals surface area contributed by atoms with E-state index in [-0.39, 0.29) is 24.5 Å². The molecule has 0 saturated heterocycles. The van der Waals surface area contributed by atoms with Gasteiger partial charge < -0.3 is 8.83 Å². The van der Waals surface area contributed by atoms with Crippen LogP contribution in [0.25, 0.3) is 0 Å². The summed E-state index contributed by atoms with van der Waals surface area (Å²) >= 11 is 0. The summed E-state index contributed by atoms with van der Waals surface area (Å²) < 4.78 is 10.1. The molecule has 0 bridgehead atoms. The fourth-order valence-electron chi connectivity index (χ4n) is 1.72. The minimum Gasteiger partial charge on any atom is -0.469 e. The van der Waals surface area contributed by atoms with Gasteiger partial charge in [-0.1, -0.05) is 0 Å². The van der Waals surface area contributed by atoms with Gasteiger partial charge in [0.25, 0.3) is 0 Å². The fraction of sp³-hybridized carbons (Fsp3) is 0.250. The van der Waals surface area contributed by atoms with Gasteiger partial charge in [-0.15, -0.1) is 0 Å². The molecule has 0 spiro atoms. The van der Waals surface area contributed by atoms with Gasteiger partial charge in [0.2, 0.25) is 6.54 Å². The van der Waals surface area contributed by atoms with Gasteiger partial charge >= 0.3 is 0 Å². The van der Waals surface area contributed by atoms with Gasteiger partial charge in [0, 0.05) is 11.3 Å². The number of hydrogen-bond acceptors (Lipinski definition) is 5. The molecule has 0 saturated carbocycles. The van der Waals surface area contributed by atoms with E-state index in [9.17, 15) is 14.9 Å². The molecule has 0 aliphatic rings. The van der Waals surface area contributed by atoms with Crippen molar-refractivity contribution in [2.45, 2.75) is 12.3 Å². The first-order valence-corrected chi connectivity index (χ1v) is 5.38. The SMILES string of the molecule is O=C(C[C@H](C[N+](=O)[O-])c1ccco1)c1ccco1. The molecule has 2 aromatic heterocycles. The third-order valence-electron chi connectivity index (χ3n) is 2.54. The number of ketones is 1. The standard InChI is InChI=1S/C12H11NO5/c14-10(12-4-2-6-18-12)7-9(8-13(15)16)11-3-1-5-17-11/h1-6,9H,7-8H2/t9-/m1/s1. The number of carbonyl (C=O) groups excluding carboxylic acids is 1. The van der Waals surface area contributed by atoms with Crippen molar-refractivity contribution in [3.05, 3.63) is 58.4 Å². The number of rotatable bonds is 6. The maximum Gasteiger partial charge on any atom is 0.214 e. The third kappa shape index (κ3) is 2.85. The molecule has 6 heteroatoms. The highest BCUT2D eigenvalue weighted by Gasteiger charge is 2.25. The van der Waals surface area contributed by atoms with Crippen LogP contribution in [0.1, 0.15) is 28.7 Å². The summed E-state index contributed by atoms with van der Waals surface area (Å²) in [7, 11) is 0. The normalized spacial score (nSPS) is 12.2. The van der Waals surface area contributed by atoms with Crippen LogP contribution in [0.15, 0.2) is 45.6 Å². The monoisotopic (exact) mass is 249 g/mol. The summed E-state index contributed by atoms with van der Waals surface area (Å²) in [5, 5.41) is 10.6. The second kappa shape index (κ2) is 5.31. The number of nitro groups is 1. The van der Waals surface area contributed by atoms with Crippen LogP contribution >= 0.6 is 0 Å². The topological polar surface area (TPSA) is 86.5 Å². The van der Waals surface area contributed by atoms with Crippen LogP contribution in [-0.4, -0.2) is 17.3 Å². The quantitative estimate of drug-likeness (QED) is 0.446. The average molecular weight is 249 g/mol. The minimum absolute atomic E-state index is 0.0119. The predicted molar refractivity (Wildman–Crippen MR) is 61.0 cm³/mol. The lowest BCUT2D eigenvalue weighted by molar-refractivity contribution is -0.483. The predicted octanol–water partition coefficient (Wildman–Crippen LogP) is 2.51. The molecule has 94 valence electrons. The number of carbonyl (C=O) groups is 1. The molecule has 0 amide bonds. The molecule has 0 aliphatic heterocycles. The second-order valence-corrected chi connectivity index (χ2v) is 3.83. The van der Waals surface area contributed by atoms with Crippen LogP contribution < -0.4 is 0 Å². The first-order chi connectivity index (χ1) is 8.66. The van der Waals surface area contributed by atoms with E-state index in [1.807, 2.05) is 0 Å². The molecule has 2 heterocycles. The van der Waals surface area contributed by atoms with Gasteiger partial charge in [0.1, 0.15) is 5.76 Å². The first-order valence-electron chi connectivity index (χ1n) is 5.38. The fourth-order valence-corrected chi connectivity index (χ4v) is 1.72. The van der Waals surface area contributed by atoms with Gasteiger partial charge in [0.05, 0.1) is 18.4 Å². The van der Waals surface area contributed by atoms with E-state index in [2.05, 4.69) is 0 Å². The molecular formula is C12H11NO5. The Morgan fingerprint density at radius 3 is 2.56 bits per heavy atom. The molecule has 18 heavy (non-hydrogen) atoms. The van der Waals surface area contributed by atoms with E-state index >= 15 is 0 Å². The van der Waals surface area contributed by atoms with E-state index in [0.717, 1.165) is 0 Å². The van der Waals surface area contributed by atoms with Gasteiger partial charge in [-0.3, -0.25) is 14.9 Å². The van der Waals surface area contributed by atoms with Crippen LogP contribution in [-0.2, 0) is 0 Å². The Kier molecular flexibility index (Phi) is 3.57. The zero-order valence-corrected chi connectivity index (χ0v) is 9.44. The van der Waals surface area contributed by atoms with E-state index in [1.54, 1.807) is 18.2 Å². The third-order valence-corrected chi connectivity index (χ3v) is 2.54. The van der Waals surface area contributed by atoms with Crippen LogP contribution in [0.5, 0.6) is 0 Å². The molecule has 0 fully saturated rings. The first kappa shape index (κ1) is 12.1. The number of hydrogen-bond donors (Lipinski definition) is 0. The summed E-state index contributed by atoms with van der Waals surface area (Å²) in [5.74, 6) is -0.211. The van der Waals surface area contributed by atoms with Crippen molar-refractivity contribution in [3.8, 4) is 0 Å². The lowest BCUT2D eigenvalue weighted by Gasteiger charge is -2.08. The van der Waals surface area contributed by atoms with Crippen LogP contribution in [0.4, 0.5) is 0 Å². The lowest BCUT2D eigenvalue weighted by atomic mass is 9.99. The van der Waals surface area contributed by atoms with Gasteiger partial charge in [0.15, 0.2) is 11.5 Å².